The molecule has 2 fully saturated rings. The van der Waals surface area contributed by atoms with Crippen molar-refractivity contribution < 1.29 is 14.6 Å². The van der Waals surface area contributed by atoms with E-state index >= 15 is 0 Å². The minimum atomic E-state index is -1.52. The first-order valence-electron chi connectivity index (χ1n) is 10.2. The molecule has 0 aromatic carbocycles. The number of hydrogen-bond acceptors (Lipinski definition) is 6. The lowest BCUT2D eigenvalue weighted by atomic mass is 9.77. The van der Waals surface area contributed by atoms with Crippen molar-refractivity contribution >= 4 is 46.9 Å². The number of anilines is 1. The molecule has 4 atom stereocenters. The molecule has 0 spiro atoms. The van der Waals surface area contributed by atoms with Gasteiger partial charge in [-0.1, -0.05) is 30.7 Å². The van der Waals surface area contributed by atoms with Gasteiger partial charge < -0.3 is 25.0 Å². The molecule has 5 rings (SSSR count). The molecule has 166 valence electrons. The van der Waals surface area contributed by atoms with Gasteiger partial charge in [0.15, 0.2) is 5.75 Å². The Labute approximate surface area is 190 Å². The van der Waals surface area contributed by atoms with Gasteiger partial charge in [-0.15, -0.1) is 12.4 Å². The van der Waals surface area contributed by atoms with Crippen molar-refractivity contribution in [2.45, 2.75) is 31.8 Å². The van der Waals surface area contributed by atoms with Gasteiger partial charge in [0.2, 0.25) is 5.43 Å². The number of carboxylic acid groups (broad SMARTS) is 1. The standard InChI is InChI=1S/C21H23ClN4O4.ClH/c1-10-2-5-15(23)14-8-25(7-13(10)14)20-17(22)18-12(6-24-20)19(27)16(30-21(28)29)9-26(18)11-3-4-11;/h2,5-6,9-11,13-15H,3-4,7-8,23H2,1H3,(H,28,29);1H/t10?,13-,14-,15+;/m0./s1. The number of carbonyl (C=O) groups is 1. The lowest BCUT2D eigenvalue weighted by Crippen LogP contribution is -2.38. The zero-order chi connectivity index (χ0) is 21.2. The van der Waals surface area contributed by atoms with Crippen molar-refractivity contribution in [1.82, 2.24) is 9.55 Å². The Morgan fingerprint density at radius 1 is 1.29 bits per heavy atom. The van der Waals surface area contributed by atoms with Crippen LogP contribution in [0.15, 0.2) is 29.3 Å². The summed E-state index contributed by atoms with van der Waals surface area (Å²) in [7, 11) is 0. The monoisotopic (exact) mass is 466 g/mol. The zero-order valence-corrected chi connectivity index (χ0v) is 18.5. The third-order valence-electron chi connectivity index (χ3n) is 6.61. The molecule has 0 amide bonds. The van der Waals surface area contributed by atoms with Crippen molar-refractivity contribution in [2.24, 2.45) is 23.5 Å². The van der Waals surface area contributed by atoms with E-state index in [1.165, 1.54) is 12.4 Å². The number of ether oxygens (including phenoxy) is 1. The maximum Gasteiger partial charge on any atom is 0.511 e. The summed E-state index contributed by atoms with van der Waals surface area (Å²) in [6.07, 6.45) is 7.55. The predicted octanol–water partition coefficient (Wildman–Crippen LogP) is 3.45. The highest BCUT2D eigenvalue weighted by atomic mass is 35.5. The number of rotatable bonds is 3. The predicted molar refractivity (Wildman–Crippen MR) is 121 cm³/mol. The molecule has 0 radical (unpaired) electrons. The van der Waals surface area contributed by atoms with Gasteiger partial charge in [-0.3, -0.25) is 4.79 Å². The second-order valence-electron chi connectivity index (χ2n) is 8.54. The van der Waals surface area contributed by atoms with Gasteiger partial charge in [-0.25, -0.2) is 9.78 Å². The fourth-order valence-corrected chi connectivity index (χ4v) is 5.24. The largest absolute Gasteiger partial charge is 0.511 e. The molecule has 1 saturated carbocycles. The number of halogens is 2. The SMILES string of the molecule is CC1C=C[C@@H](N)[C@H]2CN(c3ncc4c(=O)c(OC(=O)O)cn(C5CC5)c4c3Cl)C[C@@H]12.Cl. The molecule has 10 heteroatoms. The van der Waals surface area contributed by atoms with Crippen LogP contribution in [-0.2, 0) is 0 Å². The molecule has 1 saturated heterocycles. The Balaban J connectivity index is 0.00000231. The van der Waals surface area contributed by atoms with E-state index in [2.05, 4.69) is 29.0 Å². The van der Waals surface area contributed by atoms with E-state index in [1.54, 1.807) is 0 Å². The summed E-state index contributed by atoms with van der Waals surface area (Å²) in [5.41, 5.74) is 6.38. The second-order valence-corrected chi connectivity index (χ2v) is 8.92. The third kappa shape index (κ3) is 3.66. The summed E-state index contributed by atoms with van der Waals surface area (Å²) in [5.74, 6) is 1.59. The summed E-state index contributed by atoms with van der Waals surface area (Å²) in [6.45, 7) is 3.76. The van der Waals surface area contributed by atoms with Gasteiger partial charge in [0.25, 0.3) is 0 Å². The van der Waals surface area contributed by atoms with E-state index in [1.807, 2.05) is 4.57 Å². The van der Waals surface area contributed by atoms with Crippen LogP contribution in [0.1, 0.15) is 25.8 Å². The van der Waals surface area contributed by atoms with Gasteiger partial charge in [-0.05, 0) is 24.7 Å². The van der Waals surface area contributed by atoms with E-state index in [0.717, 1.165) is 25.9 Å². The Morgan fingerprint density at radius 3 is 2.65 bits per heavy atom. The second kappa shape index (κ2) is 8.00. The average molecular weight is 467 g/mol. The van der Waals surface area contributed by atoms with Gasteiger partial charge in [-0.2, -0.15) is 0 Å². The highest BCUT2D eigenvalue weighted by Gasteiger charge is 2.41. The van der Waals surface area contributed by atoms with E-state index in [4.69, 9.17) is 27.2 Å². The normalized spacial score (nSPS) is 27.1. The Hall–Kier alpha value is -2.29. The number of hydrogen-bond donors (Lipinski definition) is 2. The van der Waals surface area contributed by atoms with Crippen LogP contribution in [0.25, 0.3) is 10.9 Å². The molecule has 3 aliphatic rings. The molecule has 0 bridgehead atoms. The third-order valence-corrected chi connectivity index (χ3v) is 6.96. The first kappa shape index (κ1) is 21.9. The maximum atomic E-state index is 12.8. The summed E-state index contributed by atoms with van der Waals surface area (Å²) < 4.78 is 6.57. The number of allylic oxidation sites excluding steroid dienone is 1. The minimum absolute atomic E-state index is 0. The van der Waals surface area contributed by atoms with Crippen LogP contribution in [0, 0.1) is 17.8 Å². The topological polar surface area (TPSA) is 111 Å². The Kier molecular flexibility index (Phi) is 5.66. The molecule has 2 aliphatic carbocycles. The number of pyridine rings is 2. The quantitative estimate of drug-likeness (QED) is 0.526. The van der Waals surface area contributed by atoms with Crippen molar-refractivity contribution in [3.63, 3.8) is 0 Å². The highest BCUT2D eigenvalue weighted by molar-refractivity contribution is 6.37. The molecule has 2 aromatic rings. The van der Waals surface area contributed by atoms with E-state index < -0.39 is 11.6 Å². The summed E-state index contributed by atoms with van der Waals surface area (Å²) in [6, 6.07) is 0.173. The molecule has 3 N–H and O–H groups in total. The van der Waals surface area contributed by atoms with Gasteiger partial charge in [0.1, 0.15) is 10.8 Å². The van der Waals surface area contributed by atoms with Crippen LogP contribution in [0.3, 0.4) is 0 Å². The fraction of sp³-hybridized carbons (Fsp3) is 0.476. The fourth-order valence-electron chi connectivity index (χ4n) is 4.88. The lowest BCUT2D eigenvalue weighted by Gasteiger charge is -2.30. The smallest absolute Gasteiger partial charge is 0.449 e. The summed E-state index contributed by atoms with van der Waals surface area (Å²) >= 11 is 6.83. The molecule has 8 nitrogen and oxygen atoms in total. The average Bonchev–Trinajstić information content (AvgIpc) is 3.44. The van der Waals surface area contributed by atoms with Crippen LogP contribution in [-0.4, -0.2) is 39.9 Å². The number of nitrogens with two attached hydrogens (primary N) is 1. The first-order valence-corrected chi connectivity index (χ1v) is 10.6. The molecule has 1 unspecified atom stereocenters. The number of aromatic nitrogens is 2. The van der Waals surface area contributed by atoms with E-state index in [9.17, 15) is 9.59 Å². The maximum absolute atomic E-state index is 12.8. The summed E-state index contributed by atoms with van der Waals surface area (Å²) in [4.78, 5) is 30.5. The number of fused-ring (bicyclic) bond motifs is 2. The molecule has 31 heavy (non-hydrogen) atoms. The van der Waals surface area contributed by atoms with Crippen LogP contribution >= 0.6 is 24.0 Å². The van der Waals surface area contributed by atoms with Gasteiger partial charge in [0, 0.05) is 37.3 Å². The summed E-state index contributed by atoms with van der Waals surface area (Å²) in [5, 5.41) is 9.63. The van der Waals surface area contributed by atoms with Crippen molar-refractivity contribution in [3.8, 4) is 5.75 Å². The van der Waals surface area contributed by atoms with Crippen molar-refractivity contribution in [2.75, 3.05) is 18.0 Å². The van der Waals surface area contributed by atoms with Crippen LogP contribution in [0.5, 0.6) is 5.75 Å². The van der Waals surface area contributed by atoms with Crippen LogP contribution in [0.4, 0.5) is 10.6 Å². The van der Waals surface area contributed by atoms with Crippen molar-refractivity contribution in [1.29, 1.82) is 0 Å². The molecular formula is C21H24Cl2N4O4. The highest BCUT2D eigenvalue weighted by Crippen LogP contribution is 2.43. The van der Waals surface area contributed by atoms with Crippen LogP contribution < -0.4 is 20.8 Å². The molecule has 2 aromatic heterocycles. The van der Waals surface area contributed by atoms with Crippen molar-refractivity contribution in [3.05, 3.63) is 39.8 Å². The van der Waals surface area contributed by atoms with Gasteiger partial charge in [0.05, 0.1) is 17.1 Å². The van der Waals surface area contributed by atoms with E-state index in [0.29, 0.717) is 34.1 Å². The lowest BCUT2D eigenvalue weighted by molar-refractivity contribution is 0.143. The number of nitrogens with zero attached hydrogens (tertiary/aromatic N) is 3. The molecule has 3 heterocycles. The molecule has 1 aliphatic heterocycles. The molecular weight excluding hydrogens is 443 g/mol. The van der Waals surface area contributed by atoms with Gasteiger partial charge >= 0.3 is 6.16 Å². The minimum Gasteiger partial charge on any atom is -0.449 e. The Morgan fingerprint density at radius 2 is 2.00 bits per heavy atom. The first-order chi connectivity index (χ1) is 14.3. The zero-order valence-electron chi connectivity index (χ0n) is 16.9. The van der Waals surface area contributed by atoms with E-state index in [-0.39, 0.29) is 35.6 Å². The Bertz CT molecular complexity index is 1110. The van der Waals surface area contributed by atoms with Crippen LogP contribution in [0.2, 0.25) is 5.02 Å².